The average Bonchev–Trinajstić information content (AvgIpc) is 3.50. The van der Waals surface area contributed by atoms with E-state index in [9.17, 15) is 8.42 Å². The van der Waals surface area contributed by atoms with Crippen LogP contribution in [0.3, 0.4) is 0 Å². The van der Waals surface area contributed by atoms with Crippen LogP contribution in [0, 0.1) is 0 Å². The molecule has 3 heterocycles. The van der Waals surface area contributed by atoms with Crippen LogP contribution in [0.4, 0.5) is 10.1 Å². The summed E-state index contributed by atoms with van der Waals surface area (Å²) in [5, 5.41) is 5.95. The van der Waals surface area contributed by atoms with Gasteiger partial charge in [0.05, 0.1) is 11.9 Å². The zero-order chi connectivity index (χ0) is 26.9. The molecule has 2 aromatic carbocycles. The molecular weight excluding hydrogens is 537 g/mol. The summed E-state index contributed by atoms with van der Waals surface area (Å²) in [6.07, 6.45) is 6.01. The number of aromatic nitrogens is 2. The van der Waals surface area contributed by atoms with Crippen molar-refractivity contribution in [1.29, 1.82) is 0 Å². The van der Waals surface area contributed by atoms with Crippen LogP contribution in [0.25, 0.3) is 22.0 Å². The molecule has 8 nitrogen and oxygen atoms in total. The van der Waals surface area contributed by atoms with Crippen LogP contribution >= 0.6 is 23.6 Å². The number of hydrogen-bond acceptors (Lipinski definition) is 7. The Bertz CT molecular complexity index is 1570. The molecule has 4 aromatic rings. The molecule has 0 radical (unpaired) electrons. The monoisotopic (exact) mass is 568 g/mol. The second-order valence-electron chi connectivity index (χ2n) is 9.61. The van der Waals surface area contributed by atoms with Gasteiger partial charge in [-0.1, -0.05) is 60.8 Å². The number of thiocarbonyl (C=S) groups is 1. The number of piperidine rings is 1. The predicted molar refractivity (Wildman–Crippen MR) is 161 cm³/mol. The molecule has 11 heteroatoms. The van der Waals surface area contributed by atoms with Gasteiger partial charge in [-0.05, 0) is 42.5 Å². The van der Waals surface area contributed by atoms with Crippen molar-refractivity contribution < 1.29 is 8.42 Å². The van der Waals surface area contributed by atoms with E-state index in [1.54, 1.807) is 10.5 Å². The highest BCUT2D eigenvalue weighted by Crippen LogP contribution is 2.37. The number of sulfonamides is 1. The summed E-state index contributed by atoms with van der Waals surface area (Å²) in [5.74, 6) is 0.203. The van der Waals surface area contributed by atoms with Crippen molar-refractivity contribution in [1.82, 2.24) is 13.9 Å². The van der Waals surface area contributed by atoms with E-state index in [0.29, 0.717) is 36.0 Å². The first-order valence-electron chi connectivity index (χ1n) is 12.7. The topological polar surface area (TPSA) is 119 Å². The highest BCUT2D eigenvalue weighted by atomic mass is 32.2. The van der Waals surface area contributed by atoms with Crippen LogP contribution < -0.4 is 16.8 Å². The molecule has 1 aliphatic heterocycles. The molecule has 200 valence electrons. The van der Waals surface area contributed by atoms with Gasteiger partial charge in [0.25, 0.3) is 0 Å². The molecule has 5 rings (SSSR count). The lowest BCUT2D eigenvalue weighted by atomic mass is 10.0. The zero-order valence-corrected chi connectivity index (χ0v) is 23.7. The van der Waals surface area contributed by atoms with Crippen molar-refractivity contribution in [2.45, 2.75) is 38.8 Å². The minimum Gasteiger partial charge on any atom is -0.389 e. The predicted octanol–water partition coefficient (Wildman–Crippen LogP) is 4.97. The van der Waals surface area contributed by atoms with Crippen LogP contribution in [0.2, 0.25) is 0 Å². The van der Waals surface area contributed by atoms with Crippen molar-refractivity contribution >= 4 is 59.6 Å². The molecule has 0 spiro atoms. The van der Waals surface area contributed by atoms with Crippen LogP contribution in [-0.4, -0.2) is 46.1 Å². The van der Waals surface area contributed by atoms with Crippen molar-refractivity contribution in [2.75, 3.05) is 29.9 Å². The second kappa shape index (κ2) is 11.0. The summed E-state index contributed by atoms with van der Waals surface area (Å²) in [5.41, 5.74) is 17.0. The van der Waals surface area contributed by atoms with Gasteiger partial charge in [-0.15, -0.1) is 0 Å². The van der Waals surface area contributed by atoms with Crippen molar-refractivity contribution in [3.63, 3.8) is 0 Å². The maximum absolute atomic E-state index is 12.6. The molecule has 5 N–H and O–H groups in total. The van der Waals surface area contributed by atoms with Crippen molar-refractivity contribution in [2.24, 2.45) is 5.73 Å². The maximum Gasteiger partial charge on any atom is 0.214 e. The van der Waals surface area contributed by atoms with Crippen LogP contribution in [0.1, 0.15) is 43.4 Å². The number of nitrogens with zero attached hydrogens (tertiary/aromatic N) is 3. The number of nitrogens with one attached hydrogen (secondary N) is 1. The van der Waals surface area contributed by atoms with E-state index in [2.05, 4.69) is 45.3 Å². The number of hydrogen-bond donors (Lipinski definition) is 3. The van der Waals surface area contributed by atoms with Gasteiger partial charge in [-0.25, -0.2) is 17.7 Å². The molecule has 1 saturated heterocycles. The van der Waals surface area contributed by atoms with Crippen molar-refractivity contribution in [3.05, 3.63) is 66.0 Å². The van der Waals surface area contributed by atoms with Crippen LogP contribution in [0.5, 0.6) is 0 Å². The molecule has 0 atom stereocenters. The Morgan fingerprint density at radius 3 is 2.68 bits per heavy atom. The molecule has 2 aromatic heterocycles. The Kier molecular flexibility index (Phi) is 7.71. The Balaban J connectivity index is 1.50. The van der Waals surface area contributed by atoms with Gasteiger partial charge >= 0.3 is 0 Å². The highest BCUT2D eigenvalue weighted by Gasteiger charge is 2.29. The standard InChI is InChI=1S/C27H32N6O2S3/c1-2-12-38(34,35)32-10-8-21(9-11-32)33-17-23(19-4-3-5-20(14-19)26(29)36)22-7-6-18(13-24(22)33)15-30-27-31-16-25(28)37-27/h3-7,13-14,16-17,21H,2,8-12,15,28H2,1H3,(H2,29,36)(H,30,31). The van der Waals surface area contributed by atoms with E-state index in [1.807, 2.05) is 25.1 Å². The third-order valence-electron chi connectivity index (χ3n) is 7.00. The van der Waals surface area contributed by atoms with Gasteiger partial charge in [0.2, 0.25) is 10.0 Å². The van der Waals surface area contributed by atoms with Gasteiger partial charge < -0.3 is 21.4 Å². The first-order chi connectivity index (χ1) is 18.2. The SMILES string of the molecule is CCCS(=O)(=O)N1CCC(n2cc(-c3cccc(C(N)=S)c3)c3ccc(CNc4ncc(N)s4)cc32)CC1. The Labute approximate surface area is 232 Å². The van der Waals surface area contributed by atoms with E-state index >= 15 is 0 Å². The largest absolute Gasteiger partial charge is 0.389 e. The summed E-state index contributed by atoms with van der Waals surface area (Å²) >= 11 is 6.65. The van der Waals surface area contributed by atoms with E-state index in [0.717, 1.165) is 51.1 Å². The van der Waals surface area contributed by atoms with Gasteiger partial charge in [0.1, 0.15) is 9.99 Å². The summed E-state index contributed by atoms with van der Waals surface area (Å²) in [6.45, 7) is 3.59. The van der Waals surface area contributed by atoms with E-state index < -0.39 is 10.0 Å². The molecule has 0 saturated carbocycles. The van der Waals surface area contributed by atoms with Gasteiger partial charge in [0.15, 0.2) is 5.13 Å². The highest BCUT2D eigenvalue weighted by molar-refractivity contribution is 7.89. The Morgan fingerprint density at radius 2 is 2.00 bits per heavy atom. The third-order valence-corrected chi connectivity index (χ3v) is 10.1. The number of benzene rings is 2. The first-order valence-corrected chi connectivity index (χ1v) is 15.5. The van der Waals surface area contributed by atoms with Gasteiger partial charge in [0, 0.05) is 53.9 Å². The van der Waals surface area contributed by atoms with E-state index in [-0.39, 0.29) is 11.8 Å². The summed E-state index contributed by atoms with van der Waals surface area (Å²) in [4.78, 5) is 4.66. The normalized spacial score (nSPS) is 15.2. The number of nitrogen functional groups attached to an aromatic ring is 1. The third kappa shape index (κ3) is 5.56. The summed E-state index contributed by atoms with van der Waals surface area (Å²) < 4.78 is 29.2. The van der Waals surface area contributed by atoms with Gasteiger partial charge in [-0.2, -0.15) is 0 Å². The number of nitrogens with two attached hydrogens (primary N) is 2. The number of rotatable bonds is 9. The van der Waals surface area contributed by atoms with Gasteiger partial charge in [-0.3, -0.25) is 0 Å². The quantitative estimate of drug-likeness (QED) is 0.244. The minimum absolute atomic E-state index is 0.195. The van der Waals surface area contributed by atoms with E-state index in [1.165, 1.54) is 11.3 Å². The lowest BCUT2D eigenvalue weighted by Crippen LogP contribution is -2.40. The maximum atomic E-state index is 12.6. The molecule has 0 aliphatic carbocycles. The molecule has 1 fully saturated rings. The Morgan fingerprint density at radius 1 is 1.21 bits per heavy atom. The fourth-order valence-corrected chi connectivity index (χ4v) is 7.36. The lowest BCUT2D eigenvalue weighted by Gasteiger charge is -2.32. The number of anilines is 2. The smallest absolute Gasteiger partial charge is 0.214 e. The van der Waals surface area contributed by atoms with Crippen LogP contribution in [0.15, 0.2) is 54.9 Å². The summed E-state index contributed by atoms with van der Waals surface area (Å²) in [6, 6.07) is 14.7. The van der Waals surface area contributed by atoms with Crippen LogP contribution in [-0.2, 0) is 16.6 Å². The Hall–Kier alpha value is -2.99. The minimum atomic E-state index is -3.19. The molecule has 0 unspecified atom stereocenters. The number of fused-ring (bicyclic) bond motifs is 1. The molecule has 1 aliphatic rings. The summed E-state index contributed by atoms with van der Waals surface area (Å²) in [7, 11) is -3.19. The fourth-order valence-electron chi connectivity index (χ4n) is 5.11. The second-order valence-corrected chi connectivity index (χ2v) is 13.2. The first kappa shape index (κ1) is 26.6. The molecular formula is C27H32N6O2S3. The molecule has 0 amide bonds. The molecule has 0 bridgehead atoms. The molecule has 38 heavy (non-hydrogen) atoms. The number of thiazole rings is 1. The average molecular weight is 569 g/mol. The van der Waals surface area contributed by atoms with Crippen molar-refractivity contribution in [3.8, 4) is 11.1 Å². The van der Waals surface area contributed by atoms with E-state index in [4.69, 9.17) is 23.7 Å². The zero-order valence-electron chi connectivity index (χ0n) is 21.3. The fraction of sp³-hybridized carbons (Fsp3) is 0.333. The lowest BCUT2D eigenvalue weighted by molar-refractivity contribution is 0.278.